The molecular weight excluding hydrogens is 542 g/mol. The number of piperazine rings is 1. The van der Waals surface area contributed by atoms with Crippen molar-refractivity contribution in [2.75, 3.05) is 51.3 Å². The third-order valence-corrected chi connectivity index (χ3v) is 9.27. The summed E-state index contributed by atoms with van der Waals surface area (Å²) < 4.78 is 42.7. The second-order valence-corrected chi connectivity index (χ2v) is 11.7. The quantitative estimate of drug-likeness (QED) is 0.376. The molecule has 2 fully saturated rings. The normalized spacial score (nSPS) is 26.6. The van der Waals surface area contributed by atoms with Gasteiger partial charge in [-0.05, 0) is 51.8 Å². The van der Waals surface area contributed by atoms with Crippen LogP contribution in [-0.2, 0) is 22.7 Å². The van der Waals surface area contributed by atoms with Crippen LogP contribution < -0.4 is 14.4 Å². The van der Waals surface area contributed by atoms with Gasteiger partial charge in [0.15, 0.2) is 0 Å². The van der Waals surface area contributed by atoms with Gasteiger partial charge in [-0.1, -0.05) is 30.8 Å². The smallest absolute Gasteiger partial charge is 0.321 e. The van der Waals surface area contributed by atoms with E-state index in [4.69, 9.17) is 26.0 Å². The highest BCUT2D eigenvalue weighted by molar-refractivity contribution is 5.87. The minimum absolute atomic E-state index is 0.0136. The Morgan fingerprint density at radius 1 is 1.19 bits per heavy atom. The molecule has 1 unspecified atom stereocenters. The zero-order valence-corrected chi connectivity index (χ0v) is 23.9. The molecule has 0 saturated carbocycles. The molecule has 1 aromatic carbocycles. The van der Waals surface area contributed by atoms with Gasteiger partial charge in [-0.25, -0.2) is 15.4 Å². The van der Waals surface area contributed by atoms with E-state index in [9.17, 15) is 13.6 Å². The number of likely N-dealkylation sites (tertiary alicyclic amines) is 1. The van der Waals surface area contributed by atoms with Crippen LogP contribution in [0.4, 0.5) is 14.6 Å². The first kappa shape index (κ1) is 28.3. The maximum atomic E-state index is 14.9. The maximum Gasteiger partial charge on any atom is 0.321 e. The Bertz CT molecular complexity index is 1410. The van der Waals surface area contributed by atoms with Crippen molar-refractivity contribution in [1.29, 1.82) is 0 Å². The molecule has 4 heterocycles. The number of benzene rings is 1. The first-order valence-electron chi connectivity index (χ1n) is 14.7. The van der Waals surface area contributed by atoms with Gasteiger partial charge in [-0.3, -0.25) is 4.79 Å². The van der Waals surface area contributed by atoms with Gasteiger partial charge in [0.05, 0.1) is 5.56 Å². The van der Waals surface area contributed by atoms with Gasteiger partial charge in [0.1, 0.15) is 24.1 Å². The van der Waals surface area contributed by atoms with Crippen molar-refractivity contribution >= 4 is 11.7 Å². The van der Waals surface area contributed by atoms with Gasteiger partial charge in [-0.15, -0.1) is 0 Å². The standard InChI is InChI=1S/C31H36F2N6O3/c1-4-26(40)39-17-16-38(19-22(39)18-34-2)27-23-11-12-30(13-14-31(32,33)25-10-6-5-9-24(25)30)42-28(23)36-29(35-27)41-20-21-8-7-15-37(21)3/h4-6,9-10,21-22H,1,7-8,11-20H2,3H3/t21-,22-,30?/m0/s1. The molecule has 1 amide bonds. The van der Waals surface area contributed by atoms with E-state index in [1.807, 2.05) is 0 Å². The predicted molar refractivity (Wildman–Crippen MR) is 153 cm³/mol. The largest absolute Gasteiger partial charge is 0.466 e. The summed E-state index contributed by atoms with van der Waals surface area (Å²) in [7, 11) is 2.07. The third-order valence-electron chi connectivity index (χ3n) is 9.27. The van der Waals surface area contributed by atoms with Crippen LogP contribution >= 0.6 is 0 Å². The van der Waals surface area contributed by atoms with Crippen molar-refractivity contribution in [2.24, 2.45) is 0 Å². The van der Waals surface area contributed by atoms with Crippen molar-refractivity contribution < 1.29 is 23.0 Å². The maximum absolute atomic E-state index is 14.9. The fourth-order valence-corrected chi connectivity index (χ4v) is 6.90. The van der Waals surface area contributed by atoms with Gasteiger partial charge in [0.25, 0.3) is 5.92 Å². The lowest BCUT2D eigenvalue weighted by Gasteiger charge is -2.45. The second-order valence-electron chi connectivity index (χ2n) is 11.7. The van der Waals surface area contributed by atoms with Crippen LogP contribution in [0, 0.1) is 6.57 Å². The molecule has 2 saturated heterocycles. The van der Waals surface area contributed by atoms with Crippen LogP contribution in [0.25, 0.3) is 4.85 Å². The minimum Gasteiger partial charge on any atom is -0.466 e. The first-order chi connectivity index (χ1) is 20.2. The lowest BCUT2D eigenvalue weighted by atomic mass is 9.73. The molecule has 9 nitrogen and oxygen atoms in total. The highest BCUT2D eigenvalue weighted by atomic mass is 19.3. The monoisotopic (exact) mass is 578 g/mol. The van der Waals surface area contributed by atoms with E-state index < -0.39 is 11.5 Å². The Kier molecular flexibility index (Phi) is 7.51. The summed E-state index contributed by atoms with van der Waals surface area (Å²) in [5, 5.41) is 0. The van der Waals surface area contributed by atoms with E-state index in [0.29, 0.717) is 56.3 Å². The Hall–Kier alpha value is -3.78. The Balaban J connectivity index is 1.36. The van der Waals surface area contributed by atoms with Crippen molar-refractivity contribution in [2.45, 2.75) is 62.1 Å². The summed E-state index contributed by atoms with van der Waals surface area (Å²) >= 11 is 0. The van der Waals surface area contributed by atoms with Crippen LogP contribution in [0.1, 0.15) is 48.8 Å². The molecule has 1 aromatic heterocycles. The van der Waals surface area contributed by atoms with Crippen molar-refractivity contribution in [3.8, 4) is 11.9 Å². The molecule has 222 valence electrons. The molecule has 1 spiro atoms. The Morgan fingerprint density at radius 2 is 2.00 bits per heavy atom. The molecule has 0 bridgehead atoms. The van der Waals surface area contributed by atoms with Crippen molar-refractivity contribution in [3.05, 3.63) is 65.0 Å². The summed E-state index contributed by atoms with van der Waals surface area (Å²) in [4.78, 5) is 31.7. The highest BCUT2D eigenvalue weighted by Gasteiger charge is 2.51. The number of alkyl halides is 2. The number of amides is 1. The number of ether oxygens (including phenoxy) is 2. The summed E-state index contributed by atoms with van der Waals surface area (Å²) in [6.07, 6.45) is 4.33. The van der Waals surface area contributed by atoms with E-state index in [1.54, 1.807) is 23.1 Å². The molecule has 1 aliphatic carbocycles. The minimum atomic E-state index is -2.91. The number of fused-ring (bicyclic) bond motifs is 3. The van der Waals surface area contributed by atoms with E-state index in [0.717, 1.165) is 24.9 Å². The van der Waals surface area contributed by atoms with Gasteiger partial charge in [0, 0.05) is 43.2 Å². The fourth-order valence-electron chi connectivity index (χ4n) is 6.90. The lowest BCUT2D eigenvalue weighted by molar-refractivity contribution is -0.128. The van der Waals surface area contributed by atoms with Crippen molar-refractivity contribution in [3.63, 3.8) is 0 Å². The molecule has 0 radical (unpaired) electrons. The molecule has 2 aromatic rings. The number of likely N-dealkylation sites (N-methyl/N-ethyl adjacent to an activating group) is 1. The van der Waals surface area contributed by atoms with Crippen LogP contribution in [0.5, 0.6) is 11.9 Å². The van der Waals surface area contributed by atoms with Gasteiger partial charge in [0.2, 0.25) is 18.3 Å². The van der Waals surface area contributed by atoms with Crippen LogP contribution in [-0.4, -0.2) is 84.1 Å². The van der Waals surface area contributed by atoms with E-state index >= 15 is 0 Å². The summed E-state index contributed by atoms with van der Waals surface area (Å²) in [5.41, 5.74) is 0.406. The van der Waals surface area contributed by atoms with Gasteiger partial charge >= 0.3 is 6.01 Å². The van der Waals surface area contributed by atoms with Crippen LogP contribution in [0.15, 0.2) is 36.9 Å². The van der Waals surface area contributed by atoms with E-state index in [2.05, 4.69) is 28.3 Å². The van der Waals surface area contributed by atoms with Crippen molar-refractivity contribution in [1.82, 2.24) is 19.8 Å². The number of carbonyl (C=O) groups excluding carboxylic acids is 1. The molecule has 42 heavy (non-hydrogen) atoms. The third kappa shape index (κ3) is 5.06. The molecule has 6 rings (SSSR count). The number of anilines is 1. The van der Waals surface area contributed by atoms with Gasteiger partial charge in [-0.2, -0.15) is 9.97 Å². The number of hydrogen-bond acceptors (Lipinski definition) is 7. The van der Waals surface area contributed by atoms with Crippen LogP contribution in [0.3, 0.4) is 0 Å². The predicted octanol–water partition coefficient (Wildman–Crippen LogP) is 4.18. The fraction of sp³-hybridized carbons (Fsp3) is 0.548. The number of nitrogens with zero attached hydrogens (tertiary/aromatic N) is 6. The summed E-state index contributed by atoms with van der Waals surface area (Å²) in [5.74, 6) is -2.10. The number of hydrogen-bond donors (Lipinski definition) is 0. The SMILES string of the molecule is [C-]#[N+]C[C@H]1CN(c2nc(OC[C@@H]3CCCN3C)nc3c2CCC2(CCC(F)(F)c4ccccc42)O3)CCN1C(=O)C=C. The first-order valence-corrected chi connectivity index (χ1v) is 14.7. The number of carbonyl (C=O) groups is 1. The zero-order valence-electron chi connectivity index (χ0n) is 23.9. The van der Waals surface area contributed by atoms with E-state index in [-0.39, 0.29) is 49.0 Å². The lowest BCUT2D eigenvalue weighted by Crippen LogP contribution is -2.56. The van der Waals surface area contributed by atoms with E-state index in [1.165, 1.54) is 12.1 Å². The number of rotatable bonds is 6. The molecule has 4 aliphatic rings. The average Bonchev–Trinajstić information content (AvgIpc) is 3.42. The Labute approximate surface area is 244 Å². The molecular formula is C31H36F2N6O3. The number of halogens is 2. The topological polar surface area (TPSA) is 75.4 Å². The molecule has 0 N–H and O–H groups in total. The van der Waals surface area contributed by atoms with Gasteiger partial charge < -0.3 is 29.0 Å². The molecule has 3 atom stereocenters. The zero-order chi connectivity index (χ0) is 29.5. The number of aromatic nitrogens is 2. The average molecular weight is 579 g/mol. The van der Waals surface area contributed by atoms with Crippen LogP contribution in [0.2, 0.25) is 0 Å². The Morgan fingerprint density at radius 3 is 2.74 bits per heavy atom. The molecule has 3 aliphatic heterocycles. The second kappa shape index (κ2) is 11.1. The summed E-state index contributed by atoms with van der Waals surface area (Å²) in [6.45, 7) is 14.0. The summed E-state index contributed by atoms with van der Waals surface area (Å²) in [6, 6.07) is 6.77. The highest BCUT2D eigenvalue weighted by Crippen LogP contribution is 2.53. The molecule has 11 heteroatoms.